The molecule has 8 heteroatoms. The summed E-state index contributed by atoms with van der Waals surface area (Å²) >= 11 is 0. The average Bonchev–Trinajstić information content (AvgIpc) is 2.49. The normalized spacial score (nSPS) is 23.1. The Morgan fingerprint density at radius 1 is 1.30 bits per heavy atom. The van der Waals surface area contributed by atoms with Crippen molar-refractivity contribution in [1.29, 1.82) is 0 Å². The molecule has 7 nitrogen and oxygen atoms in total. The molecule has 23 heavy (non-hydrogen) atoms. The summed E-state index contributed by atoms with van der Waals surface area (Å²) in [6.07, 6.45) is 0.712. The van der Waals surface area contributed by atoms with Crippen LogP contribution in [0, 0.1) is 10.1 Å². The zero-order chi connectivity index (χ0) is 17.2. The third-order valence-electron chi connectivity index (χ3n) is 4.28. The fourth-order valence-corrected chi connectivity index (χ4v) is 3.76. The summed E-state index contributed by atoms with van der Waals surface area (Å²) in [6, 6.07) is 6.19. The van der Waals surface area contributed by atoms with Crippen molar-refractivity contribution in [3.8, 4) is 0 Å². The van der Waals surface area contributed by atoms with E-state index in [4.69, 9.17) is 0 Å². The lowest BCUT2D eigenvalue weighted by Crippen LogP contribution is -2.50. The van der Waals surface area contributed by atoms with Crippen molar-refractivity contribution in [2.45, 2.75) is 37.5 Å². The van der Waals surface area contributed by atoms with E-state index in [0.29, 0.717) is 13.0 Å². The first kappa shape index (κ1) is 17.8. The minimum absolute atomic E-state index is 0.0249. The van der Waals surface area contributed by atoms with Gasteiger partial charge in [0, 0.05) is 30.6 Å². The van der Waals surface area contributed by atoms with Crippen molar-refractivity contribution in [2.75, 3.05) is 20.1 Å². The van der Waals surface area contributed by atoms with Gasteiger partial charge in [0.2, 0.25) is 10.0 Å². The highest BCUT2D eigenvalue weighted by Crippen LogP contribution is 2.29. The van der Waals surface area contributed by atoms with E-state index in [1.807, 2.05) is 7.05 Å². The van der Waals surface area contributed by atoms with Crippen molar-refractivity contribution < 1.29 is 13.3 Å². The van der Waals surface area contributed by atoms with Crippen LogP contribution in [0.1, 0.15) is 31.7 Å². The van der Waals surface area contributed by atoms with E-state index < -0.39 is 20.2 Å². The molecule has 0 saturated carbocycles. The van der Waals surface area contributed by atoms with Gasteiger partial charge in [0.25, 0.3) is 5.69 Å². The first-order valence-corrected chi connectivity index (χ1v) is 9.19. The smallest absolute Gasteiger partial charge is 0.269 e. The topological polar surface area (TPSA) is 92.6 Å². The number of nitro groups is 1. The Balaban J connectivity index is 2.25. The van der Waals surface area contributed by atoms with Crippen LogP contribution in [0.5, 0.6) is 0 Å². The van der Waals surface area contributed by atoms with E-state index in [1.165, 1.54) is 12.1 Å². The number of hydrogen-bond donors (Lipinski definition) is 1. The molecule has 0 unspecified atom stereocenters. The molecule has 1 N–H and O–H groups in total. The molecule has 1 aromatic carbocycles. The van der Waals surface area contributed by atoms with E-state index in [2.05, 4.69) is 9.62 Å². The first-order valence-electron chi connectivity index (χ1n) is 7.64. The highest BCUT2D eigenvalue weighted by Gasteiger charge is 2.33. The maximum Gasteiger partial charge on any atom is 0.269 e. The minimum atomic E-state index is -3.35. The molecule has 1 aromatic rings. The Labute approximate surface area is 136 Å². The molecule has 1 aliphatic heterocycles. The van der Waals surface area contributed by atoms with Gasteiger partial charge in [-0.1, -0.05) is 12.1 Å². The van der Waals surface area contributed by atoms with Crippen molar-refractivity contribution in [2.24, 2.45) is 0 Å². The molecule has 2 atom stereocenters. The maximum atomic E-state index is 12.2. The second kappa shape index (κ2) is 6.94. The molecule has 1 fully saturated rings. The number of likely N-dealkylation sites (N-methyl/N-ethyl adjacent to an activating group) is 1. The van der Waals surface area contributed by atoms with Gasteiger partial charge >= 0.3 is 0 Å². The zero-order valence-corrected chi connectivity index (χ0v) is 14.4. The van der Waals surface area contributed by atoms with E-state index in [0.717, 1.165) is 12.1 Å². The van der Waals surface area contributed by atoms with Crippen LogP contribution in [0.4, 0.5) is 5.69 Å². The molecule has 0 aliphatic carbocycles. The second-order valence-electron chi connectivity index (χ2n) is 6.32. The van der Waals surface area contributed by atoms with Crippen LogP contribution >= 0.6 is 0 Å². The van der Waals surface area contributed by atoms with E-state index in [1.54, 1.807) is 26.0 Å². The third kappa shape index (κ3) is 4.27. The maximum absolute atomic E-state index is 12.2. The van der Waals surface area contributed by atoms with Crippen LogP contribution in [0.15, 0.2) is 24.3 Å². The minimum Gasteiger partial charge on any atom is -0.306 e. The average molecular weight is 341 g/mol. The number of nitrogens with one attached hydrogen (secondary N) is 1. The summed E-state index contributed by atoms with van der Waals surface area (Å²) in [7, 11) is -1.36. The zero-order valence-electron chi connectivity index (χ0n) is 13.6. The lowest BCUT2D eigenvalue weighted by Gasteiger charge is -2.37. The van der Waals surface area contributed by atoms with Gasteiger partial charge in [-0.05, 0) is 39.4 Å². The molecular formula is C15H23N3O4S. The quantitative estimate of drug-likeness (QED) is 0.650. The third-order valence-corrected chi connectivity index (χ3v) is 6.16. The fraction of sp³-hybridized carbons (Fsp3) is 0.600. The van der Waals surface area contributed by atoms with Gasteiger partial charge < -0.3 is 4.90 Å². The Morgan fingerprint density at radius 3 is 2.43 bits per heavy atom. The number of non-ortho nitro benzene ring substituents is 1. The largest absolute Gasteiger partial charge is 0.306 e. The van der Waals surface area contributed by atoms with Crippen LogP contribution in [0.2, 0.25) is 0 Å². The number of hydrogen-bond acceptors (Lipinski definition) is 5. The summed E-state index contributed by atoms with van der Waals surface area (Å²) in [5.74, 6) is -0.0249. The molecule has 0 amide bonds. The van der Waals surface area contributed by atoms with Crippen LogP contribution in [0.3, 0.4) is 0 Å². The van der Waals surface area contributed by atoms with Crippen molar-refractivity contribution in [3.05, 3.63) is 39.9 Å². The summed E-state index contributed by atoms with van der Waals surface area (Å²) < 4.78 is 27.2. The van der Waals surface area contributed by atoms with Crippen LogP contribution in [-0.4, -0.2) is 49.7 Å². The van der Waals surface area contributed by atoms with Crippen molar-refractivity contribution >= 4 is 15.7 Å². The molecule has 0 spiro atoms. The summed E-state index contributed by atoms with van der Waals surface area (Å²) in [4.78, 5) is 12.5. The highest BCUT2D eigenvalue weighted by atomic mass is 32.2. The summed E-state index contributed by atoms with van der Waals surface area (Å²) in [6.45, 7) is 4.83. The van der Waals surface area contributed by atoms with Crippen LogP contribution in [0.25, 0.3) is 0 Å². The lowest BCUT2D eigenvalue weighted by atomic mass is 9.87. The number of likely N-dealkylation sites (tertiary alicyclic amines) is 1. The molecule has 0 radical (unpaired) electrons. The molecule has 128 valence electrons. The Morgan fingerprint density at radius 2 is 1.91 bits per heavy atom. The summed E-state index contributed by atoms with van der Waals surface area (Å²) in [5, 5.41) is 10.3. The first-order chi connectivity index (χ1) is 10.7. The SMILES string of the molecule is CC(C)S(=O)(=O)N[C@H]1CCN(C)C[C@@H]1c1ccc([N+](=O)[O-])cc1. The second-order valence-corrected chi connectivity index (χ2v) is 8.59. The molecule has 1 saturated heterocycles. The predicted molar refractivity (Wildman–Crippen MR) is 88.9 cm³/mol. The van der Waals surface area contributed by atoms with Gasteiger partial charge in [-0.15, -0.1) is 0 Å². The highest BCUT2D eigenvalue weighted by molar-refractivity contribution is 7.90. The molecule has 0 bridgehead atoms. The predicted octanol–water partition coefficient (Wildman–Crippen LogP) is 1.71. The number of nitro benzene ring substituents is 1. The monoisotopic (exact) mass is 341 g/mol. The number of nitrogens with zero attached hydrogens (tertiary/aromatic N) is 2. The van der Waals surface area contributed by atoms with Gasteiger partial charge in [-0.3, -0.25) is 10.1 Å². The molecule has 1 aliphatic rings. The lowest BCUT2D eigenvalue weighted by molar-refractivity contribution is -0.384. The number of rotatable bonds is 5. The molecule has 0 aromatic heterocycles. The Kier molecular flexibility index (Phi) is 5.38. The van der Waals surface area contributed by atoms with Crippen LogP contribution < -0.4 is 4.72 Å². The number of sulfonamides is 1. The summed E-state index contributed by atoms with van der Waals surface area (Å²) in [5.41, 5.74) is 0.954. The molecule has 2 rings (SSSR count). The molecule has 1 heterocycles. The van der Waals surface area contributed by atoms with Gasteiger partial charge in [-0.2, -0.15) is 0 Å². The van der Waals surface area contributed by atoms with E-state index >= 15 is 0 Å². The van der Waals surface area contributed by atoms with Crippen LogP contribution in [-0.2, 0) is 10.0 Å². The Hall–Kier alpha value is -1.51. The van der Waals surface area contributed by atoms with Crippen molar-refractivity contribution in [3.63, 3.8) is 0 Å². The van der Waals surface area contributed by atoms with Crippen molar-refractivity contribution in [1.82, 2.24) is 9.62 Å². The Bertz CT molecular complexity index is 658. The number of benzene rings is 1. The van der Waals surface area contributed by atoms with Gasteiger partial charge in [0.05, 0.1) is 10.2 Å². The standard InChI is InChI=1S/C15H23N3O4S/c1-11(2)23(21,22)16-15-8-9-17(3)10-14(15)12-4-6-13(7-5-12)18(19)20/h4-7,11,14-16H,8-10H2,1-3H3/t14-,15+/m1/s1. The molecular weight excluding hydrogens is 318 g/mol. The van der Waals surface area contributed by atoms with E-state index in [-0.39, 0.29) is 17.6 Å². The van der Waals surface area contributed by atoms with Gasteiger partial charge in [0.1, 0.15) is 0 Å². The van der Waals surface area contributed by atoms with Gasteiger partial charge in [0.15, 0.2) is 0 Å². The number of piperidine rings is 1. The van der Waals surface area contributed by atoms with Gasteiger partial charge in [-0.25, -0.2) is 13.1 Å². The van der Waals surface area contributed by atoms with E-state index in [9.17, 15) is 18.5 Å². The fourth-order valence-electron chi connectivity index (χ4n) is 2.78.